The molecule has 3 atom stereocenters. The van der Waals surface area contributed by atoms with Gasteiger partial charge >= 0.3 is 0 Å². The SMILES string of the molecule is C/C(=N/NS(=O)(=O)c1ccc(C(C)(C)C)cc1)[C@@H]1C[C@H]2CC[C@H]1C2. The van der Waals surface area contributed by atoms with Crippen molar-refractivity contribution >= 4 is 15.7 Å². The normalized spacial score (nSPS) is 27.5. The standard InChI is InChI=1S/C19H28N2O2S/c1-13(18-12-14-5-6-15(18)11-14)20-21-24(22,23)17-9-7-16(8-10-17)19(2,3)4/h7-10,14-15,18,21H,5-6,11-12H2,1-4H3/b20-13-/t14-,15-,18-/m0/s1. The molecule has 2 aliphatic carbocycles. The van der Waals surface area contributed by atoms with Crippen LogP contribution in [0.1, 0.15) is 58.9 Å². The molecule has 2 bridgehead atoms. The number of hydrazone groups is 1. The predicted octanol–water partition coefficient (Wildman–Crippen LogP) is 4.07. The van der Waals surface area contributed by atoms with Gasteiger partial charge in [0, 0.05) is 11.6 Å². The van der Waals surface area contributed by atoms with Crippen LogP contribution in [0, 0.1) is 17.8 Å². The molecule has 2 saturated carbocycles. The summed E-state index contributed by atoms with van der Waals surface area (Å²) in [4.78, 5) is 2.69. The van der Waals surface area contributed by atoms with E-state index in [1.807, 2.05) is 19.1 Å². The van der Waals surface area contributed by atoms with Crippen LogP contribution < -0.4 is 4.83 Å². The maximum Gasteiger partial charge on any atom is 0.276 e. The Kier molecular flexibility index (Phi) is 4.49. The van der Waals surface area contributed by atoms with Gasteiger partial charge in [0.05, 0.1) is 4.90 Å². The third-order valence-corrected chi connectivity index (χ3v) is 6.87. The van der Waals surface area contributed by atoms with Gasteiger partial charge in [0.15, 0.2) is 0 Å². The van der Waals surface area contributed by atoms with Crippen molar-refractivity contribution in [2.24, 2.45) is 22.9 Å². The Labute approximate surface area is 145 Å². The molecule has 4 nitrogen and oxygen atoms in total. The summed E-state index contributed by atoms with van der Waals surface area (Å²) in [6.07, 6.45) is 5.06. The molecule has 0 spiro atoms. The van der Waals surface area contributed by atoms with Gasteiger partial charge in [0.1, 0.15) is 0 Å². The molecule has 132 valence electrons. The molecule has 0 radical (unpaired) electrons. The summed E-state index contributed by atoms with van der Waals surface area (Å²) in [6.45, 7) is 8.28. The molecule has 3 rings (SSSR count). The molecule has 2 aliphatic rings. The first-order valence-electron chi connectivity index (χ1n) is 8.83. The molecule has 2 fully saturated rings. The van der Waals surface area contributed by atoms with Crippen LogP contribution in [0.2, 0.25) is 0 Å². The van der Waals surface area contributed by atoms with E-state index < -0.39 is 10.0 Å². The van der Waals surface area contributed by atoms with Crippen molar-refractivity contribution in [3.05, 3.63) is 29.8 Å². The maximum absolute atomic E-state index is 12.5. The van der Waals surface area contributed by atoms with Crippen molar-refractivity contribution in [2.75, 3.05) is 0 Å². The molecule has 0 heterocycles. The minimum atomic E-state index is -3.60. The largest absolute Gasteiger partial charge is 0.276 e. The Balaban J connectivity index is 1.70. The molecule has 0 aromatic heterocycles. The summed E-state index contributed by atoms with van der Waals surface area (Å²) in [5.41, 5.74) is 2.05. The highest BCUT2D eigenvalue weighted by Crippen LogP contribution is 2.48. The van der Waals surface area contributed by atoms with Gasteiger partial charge in [-0.25, -0.2) is 4.83 Å². The first-order valence-corrected chi connectivity index (χ1v) is 10.3. The average Bonchev–Trinajstić information content (AvgIpc) is 3.15. The highest BCUT2D eigenvalue weighted by Gasteiger charge is 2.40. The number of fused-ring (bicyclic) bond motifs is 2. The van der Waals surface area contributed by atoms with Crippen molar-refractivity contribution in [2.45, 2.75) is 63.7 Å². The summed E-state index contributed by atoms with van der Waals surface area (Å²) in [6, 6.07) is 7.07. The first kappa shape index (κ1) is 17.5. The minimum absolute atomic E-state index is 0.00620. The van der Waals surface area contributed by atoms with Crippen LogP contribution in [-0.2, 0) is 15.4 Å². The second kappa shape index (κ2) is 6.17. The third kappa shape index (κ3) is 3.51. The van der Waals surface area contributed by atoms with Crippen LogP contribution in [0.25, 0.3) is 0 Å². The van der Waals surface area contributed by atoms with Gasteiger partial charge in [0.25, 0.3) is 10.0 Å². The lowest BCUT2D eigenvalue weighted by Crippen LogP contribution is -2.25. The maximum atomic E-state index is 12.5. The fourth-order valence-corrected chi connectivity index (χ4v) is 5.02. The van der Waals surface area contributed by atoms with Gasteiger partial charge in [-0.3, -0.25) is 0 Å². The first-order chi connectivity index (χ1) is 11.2. The van der Waals surface area contributed by atoms with Gasteiger partial charge in [0.2, 0.25) is 0 Å². The van der Waals surface area contributed by atoms with E-state index in [4.69, 9.17) is 0 Å². The highest BCUT2D eigenvalue weighted by atomic mass is 32.2. The Morgan fingerprint density at radius 2 is 1.79 bits per heavy atom. The Morgan fingerprint density at radius 3 is 2.29 bits per heavy atom. The molecule has 0 aliphatic heterocycles. The number of benzene rings is 1. The van der Waals surface area contributed by atoms with E-state index >= 15 is 0 Å². The van der Waals surface area contributed by atoms with Crippen molar-refractivity contribution in [1.29, 1.82) is 0 Å². The lowest BCUT2D eigenvalue weighted by atomic mass is 9.86. The van der Waals surface area contributed by atoms with Gasteiger partial charge in [-0.2, -0.15) is 13.5 Å². The minimum Gasteiger partial charge on any atom is -0.200 e. The van der Waals surface area contributed by atoms with Gasteiger partial charge in [-0.1, -0.05) is 39.3 Å². The molecule has 1 N–H and O–H groups in total. The van der Waals surface area contributed by atoms with Crippen LogP contribution in [0.4, 0.5) is 0 Å². The van der Waals surface area contributed by atoms with E-state index in [2.05, 4.69) is 30.7 Å². The molecule has 24 heavy (non-hydrogen) atoms. The van der Waals surface area contributed by atoms with Gasteiger partial charge in [-0.15, -0.1) is 0 Å². The zero-order valence-corrected chi connectivity index (χ0v) is 15.9. The van der Waals surface area contributed by atoms with Crippen LogP contribution in [-0.4, -0.2) is 14.1 Å². The number of nitrogens with zero attached hydrogens (tertiary/aromatic N) is 1. The molecule has 0 amide bonds. The average molecular weight is 349 g/mol. The quantitative estimate of drug-likeness (QED) is 0.658. The second-order valence-electron chi connectivity index (χ2n) is 8.40. The molecule has 1 aromatic rings. The van der Waals surface area contributed by atoms with E-state index in [1.165, 1.54) is 25.7 Å². The fourth-order valence-electron chi connectivity index (χ4n) is 4.16. The Bertz CT molecular complexity index is 730. The van der Waals surface area contributed by atoms with Crippen LogP contribution in [0.3, 0.4) is 0 Å². The number of nitrogens with one attached hydrogen (secondary N) is 1. The molecule has 0 unspecified atom stereocenters. The smallest absolute Gasteiger partial charge is 0.200 e. The number of sulfonamides is 1. The topological polar surface area (TPSA) is 58.5 Å². The lowest BCUT2D eigenvalue weighted by Gasteiger charge is -2.21. The van der Waals surface area contributed by atoms with E-state index in [0.29, 0.717) is 11.8 Å². The van der Waals surface area contributed by atoms with Crippen LogP contribution in [0.15, 0.2) is 34.3 Å². The number of hydrogen-bond donors (Lipinski definition) is 1. The molecule has 1 aromatic carbocycles. The molecular weight excluding hydrogens is 320 g/mol. The Morgan fingerprint density at radius 1 is 1.12 bits per heavy atom. The second-order valence-corrected chi connectivity index (χ2v) is 10.1. The van der Waals surface area contributed by atoms with E-state index in [1.54, 1.807) is 12.1 Å². The van der Waals surface area contributed by atoms with Crippen molar-refractivity contribution in [3.63, 3.8) is 0 Å². The molecule has 0 saturated heterocycles. The van der Waals surface area contributed by atoms with Crippen molar-refractivity contribution < 1.29 is 8.42 Å². The van der Waals surface area contributed by atoms with E-state index in [-0.39, 0.29) is 10.3 Å². The monoisotopic (exact) mass is 348 g/mol. The van der Waals surface area contributed by atoms with Crippen LogP contribution >= 0.6 is 0 Å². The fraction of sp³-hybridized carbons (Fsp3) is 0.632. The van der Waals surface area contributed by atoms with Gasteiger partial charge in [-0.05, 0) is 61.1 Å². The zero-order valence-electron chi connectivity index (χ0n) is 15.0. The van der Waals surface area contributed by atoms with Crippen LogP contribution in [0.5, 0.6) is 0 Å². The third-order valence-electron chi connectivity index (χ3n) is 5.65. The summed E-state index contributed by atoms with van der Waals surface area (Å²) in [5, 5.41) is 4.22. The number of rotatable bonds is 4. The predicted molar refractivity (Wildman–Crippen MR) is 97.5 cm³/mol. The van der Waals surface area contributed by atoms with Gasteiger partial charge < -0.3 is 0 Å². The summed E-state index contributed by atoms with van der Waals surface area (Å²) in [5.74, 6) is 1.98. The molecular formula is C19H28N2O2S. The van der Waals surface area contributed by atoms with Crippen molar-refractivity contribution in [1.82, 2.24) is 4.83 Å². The van der Waals surface area contributed by atoms with E-state index in [0.717, 1.165) is 17.2 Å². The molecule has 5 heteroatoms. The summed E-state index contributed by atoms with van der Waals surface area (Å²) < 4.78 is 24.9. The van der Waals surface area contributed by atoms with Crippen molar-refractivity contribution in [3.8, 4) is 0 Å². The summed E-state index contributed by atoms with van der Waals surface area (Å²) >= 11 is 0. The summed E-state index contributed by atoms with van der Waals surface area (Å²) in [7, 11) is -3.60. The lowest BCUT2D eigenvalue weighted by molar-refractivity contribution is 0.413. The Hall–Kier alpha value is -1.36. The highest BCUT2D eigenvalue weighted by molar-refractivity contribution is 7.89. The number of hydrogen-bond acceptors (Lipinski definition) is 3. The van der Waals surface area contributed by atoms with E-state index in [9.17, 15) is 8.42 Å². The zero-order chi connectivity index (χ0) is 17.5.